The van der Waals surface area contributed by atoms with Crippen molar-refractivity contribution in [3.05, 3.63) is 77.4 Å². The Morgan fingerprint density at radius 1 is 1.08 bits per heavy atom. The number of pyridine rings is 1. The Bertz CT molecular complexity index is 1330. The van der Waals surface area contributed by atoms with Crippen molar-refractivity contribution < 1.29 is 19.2 Å². The molecule has 1 aromatic carbocycles. The summed E-state index contributed by atoms with van der Waals surface area (Å²) in [5.74, 6) is -0.349. The predicted octanol–water partition coefficient (Wildman–Crippen LogP) is 3.58. The van der Waals surface area contributed by atoms with Gasteiger partial charge in [0.2, 0.25) is 11.8 Å². The minimum atomic E-state index is -0.556. The number of hydrogen-bond donors (Lipinski definition) is 1. The van der Waals surface area contributed by atoms with Crippen LogP contribution in [0.1, 0.15) is 42.1 Å². The number of fused-ring (bicyclic) bond motifs is 1. The molecule has 202 valence electrons. The Balaban J connectivity index is 1.08. The van der Waals surface area contributed by atoms with Gasteiger partial charge in [-0.2, -0.15) is 0 Å². The minimum absolute atomic E-state index is 0.0397. The molecule has 8 nitrogen and oxygen atoms in total. The van der Waals surface area contributed by atoms with Crippen molar-refractivity contribution in [3.63, 3.8) is 0 Å². The maximum Gasteiger partial charge on any atom is 0.251 e. The number of thiophene rings is 1. The largest absolute Gasteiger partial charge is 0.352 e. The lowest BCUT2D eigenvalue weighted by atomic mass is 10.0. The molecular formula is C30H32N4O4S. The first-order valence-corrected chi connectivity index (χ1v) is 14.2. The molecule has 5 rings (SSSR count). The number of nitrogens with one attached hydrogen (secondary N) is 1. The van der Waals surface area contributed by atoms with Gasteiger partial charge in [0.15, 0.2) is 5.78 Å². The molecule has 3 amide bonds. The molecule has 2 saturated heterocycles. The highest BCUT2D eigenvalue weighted by Crippen LogP contribution is 2.31. The van der Waals surface area contributed by atoms with Gasteiger partial charge >= 0.3 is 0 Å². The third-order valence-corrected chi connectivity index (χ3v) is 8.46. The Labute approximate surface area is 232 Å². The summed E-state index contributed by atoms with van der Waals surface area (Å²) >= 11 is 1.66. The first-order valence-electron chi connectivity index (χ1n) is 13.3. The fourth-order valence-electron chi connectivity index (χ4n) is 5.48. The first-order chi connectivity index (χ1) is 18.9. The number of nitrogens with zero attached hydrogens (tertiary/aromatic N) is 3. The molecule has 3 unspecified atom stereocenters. The molecule has 0 saturated carbocycles. The van der Waals surface area contributed by atoms with Crippen LogP contribution in [0.5, 0.6) is 0 Å². The van der Waals surface area contributed by atoms with Crippen LogP contribution in [0.25, 0.3) is 10.4 Å². The van der Waals surface area contributed by atoms with E-state index in [1.807, 2.05) is 54.8 Å². The van der Waals surface area contributed by atoms with Crippen LogP contribution >= 0.6 is 11.3 Å². The first kappa shape index (κ1) is 26.7. The van der Waals surface area contributed by atoms with E-state index in [9.17, 15) is 19.2 Å². The van der Waals surface area contributed by atoms with E-state index in [0.717, 1.165) is 16.0 Å². The van der Waals surface area contributed by atoms with Gasteiger partial charge in [0.1, 0.15) is 6.04 Å². The predicted molar refractivity (Wildman–Crippen MR) is 149 cm³/mol. The molecule has 4 heterocycles. The lowest BCUT2D eigenvalue weighted by molar-refractivity contribution is -0.137. The summed E-state index contributed by atoms with van der Waals surface area (Å²) in [4.78, 5) is 60.0. The van der Waals surface area contributed by atoms with Crippen LogP contribution in [0, 0.1) is 5.92 Å². The number of carbonyl (C=O) groups is 4. The van der Waals surface area contributed by atoms with Gasteiger partial charge in [-0.15, -0.1) is 11.3 Å². The second-order valence-electron chi connectivity index (χ2n) is 10.3. The van der Waals surface area contributed by atoms with E-state index in [-0.39, 0.29) is 48.4 Å². The van der Waals surface area contributed by atoms with Gasteiger partial charge < -0.3 is 15.1 Å². The van der Waals surface area contributed by atoms with Crippen LogP contribution < -0.4 is 5.32 Å². The molecule has 1 N–H and O–H groups in total. The third-order valence-electron chi connectivity index (χ3n) is 7.54. The van der Waals surface area contributed by atoms with E-state index in [1.165, 1.54) is 0 Å². The van der Waals surface area contributed by atoms with E-state index >= 15 is 0 Å². The number of amides is 3. The zero-order chi connectivity index (χ0) is 27.4. The lowest BCUT2D eigenvalue weighted by Crippen LogP contribution is -2.44. The quantitative estimate of drug-likeness (QED) is 0.444. The Morgan fingerprint density at radius 3 is 2.62 bits per heavy atom. The summed E-state index contributed by atoms with van der Waals surface area (Å²) in [6.45, 7) is 2.96. The molecule has 3 aromatic rings. The van der Waals surface area contributed by atoms with Crippen molar-refractivity contribution in [1.29, 1.82) is 0 Å². The highest BCUT2D eigenvalue weighted by Gasteiger charge is 2.51. The summed E-state index contributed by atoms with van der Waals surface area (Å²) < 4.78 is 0. The Hall–Kier alpha value is -3.85. The molecular weight excluding hydrogens is 512 g/mol. The third kappa shape index (κ3) is 6.09. The average molecular weight is 545 g/mol. The van der Waals surface area contributed by atoms with Gasteiger partial charge in [0, 0.05) is 42.3 Å². The molecule has 0 aliphatic carbocycles. The fourth-order valence-corrected chi connectivity index (χ4v) is 6.21. The highest BCUT2D eigenvalue weighted by atomic mass is 32.1. The number of Topliss-reactive ketones (excluding diaryl/α,β-unsaturated/α-hetero) is 1. The van der Waals surface area contributed by atoms with E-state index < -0.39 is 6.04 Å². The van der Waals surface area contributed by atoms with Crippen LogP contribution in [0.15, 0.2) is 66.3 Å². The zero-order valence-corrected chi connectivity index (χ0v) is 22.7. The second-order valence-corrected chi connectivity index (χ2v) is 11.3. The number of benzene rings is 1. The monoisotopic (exact) mass is 544 g/mol. The molecule has 9 heteroatoms. The number of aromatic nitrogens is 1. The summed E-state index contributed by atoms with van der Waals surface area (Å²) in [6, 6.07) is 14.4. The molecule has 39 heavy (non-hydrogen) atoms. The molecule has 0 spiro atoms. The average Bonchev–Trinajstić information content (AvgIpc) is 3.68. The van der Waals surface area contributed by atoms with Crippen molar-refractivity contribution in [1.82, 2.24) is 20.1 Å². The van der Waals surface area contributed by atoms with E-state index in [2.05, 4.69) is 10.3 Å². The minimum Gasteiger partial charge on any atom is -0.352 e. The van der Waals surface area contributed by atoms with Crippen LogP contribution in [0.3, 0.4) is 0 Å². The second kappa shape index (κ2) is 11.9. The number of hydrogen-bond acceptors (Lipinski definition) is 6. The van der Waals surface area contributed by atoms with Gasteiger partial charge in [-0.3, -0.25) is 24.2 Å². The van der Waals surface area contributed by atoms with Crippen molar-refractivity contribution in [2.24, 2.45) is 5.92 Å². The van der Waals surface area contributed by atoms with Crippen molar-refractivity contribution in [2.45, 2.75) is 44.7 Å². The normalized spacial score (nSPS) is 19.2. The van der Waals surface area contributed by atoms with Gasteiger partial charge in [-0.05, 0) is 59.5 Å². The fraction of sp³-hybridized carbons (Fsp3) is 0.367. The molecule has 2 aliphatic rings. The van der Waals surface area contributed by atoms with E-state index in [4.69, 9.17) is 0 Å². The van der Waals surface area contributed by atoms with Gasteiger partial charge in [0.05, 0.1) is 19.0 Å². The number of likely N-dealkylation sites (tertiary alicyclic amines) is 2. The zero-order valence-electron chi connectivity index (χ0n) is 21.9. The number of ketones is 1. The molecule has 2 aliphatic heterocycles. The molecule has 2 fully saturated rings. The summed E-state index contributed by atoms with van der Waals surface area (Å²) in [5, 5.41) is 4.97. The number of rotatable bonds is 9. The summed E-state index contributed by atoms with van der Waals surface area (Å²) in [7, 11) is 0. The van der Waals surface area contributed by atoms with Crippen molar-refractivity contribution in [2.75, 3.05) is 19.6 Å². The summed E-state index contributed by atoms with van der Waals surface area (Å²) in [6.07, 6.45) is 5.06. The van der Waals surface area contributed by atoms with E-state index in [0.29, 0.717) is 37.9 Å². The topological polar surface area (TPSA) is 99.7 Å². The number of carbonyl (C=O) groups excluding carboxylic acids is 4. The van der Waals surface area contributed by atoms with Crippen molar-refractivity contribution in [3.8, 4) is 10.4 Å². The van der Waals surface area contributed by atoms with Gasteiger partial charge in [-0.1, -0.05) is 31.2 Å². The van der Waals surface area contributed by atoms with Crippen LogP contribution in [0.4, 0.5) is 0 Å². The molecule has 2 aromatic heterocycles. The van der Waals surface area contributed by atoms with Gasteiger partial charge in [0.25, 0.3) is 5.91 Å². The lowest BCUT2D eigenvalue weighted by Gasteiger charge is -2.25. The Kier molecular flexibility index (Phi) is 8.16. The summed E-state index contributed by atoms with van der Waals surface area (Å²) in [5.41, 5.74) is 2.49. The Morgan fingerprint density at radius 2 is 1.90 bits per heavy atom. The van der Waals surface area contributed by atoms with E-state index in [1.54, 1.807) is 39.6 Å². The smallest absolute Gasteiger partial charge is 0.251 e. The van der Waals surface area contributed by atoms with Crippen LogP contribution in [0.2, 0.25) is 0 Å². The van der Waals surface area contributed by atoms with Gasteiger partial charge in [-0.25, -0.2) is 0 Å². The molecule has 3 atom stereocenters. The highest BCUT2D eigenvalue weighted by molar-refractivity contribution is 7.13. The maximum absolute atomic E-state index is 13.1. The SMILES string of the molecule is CC(CCNC(=O)c1ccc(-c2cccs2)cc1)CC(=O)N1CCC2C1C(=O)CN2C(=O)Cc1cccnc1. The molecule has 0 radical (unpaired) electrons. The van der Waals surface area contributed by atoms with Crippen molar-refractivity contribution >= 4 is 34.8 Å². The van der Waals surface area contributed by atoms with Crippen LogP contribution in [-0.4, -0.2) is 70.0 Å². The standard InChI is InChI=1S/C30H32N4O4S/c1-20(10-13-32-30(38)23-8-6-22(7-9-23)26-5-3-15-39-26)16-27(36)33-14-11-24-29(33)25(35)19-34(24)28(37)17-21-4-2-12-31-18-21/h2-9,12,15,18,20,24,29H,10-11,13-14,16-17,19H2,1H3,(H,32,38). The van der Waals surface area contributed by atoms with Crippen LogP contribution in [-0.2, 0) is 20.8 Å². The maximum atomic E-state index is 13.1. The molecule has 0 bridgehead atoms.